The van der Waals surface area contributed by atoms with Gasteiger partial charge in [0, 0.05) is 13.0 Å². The SMILES string of the molecule is CCOC(=O)C1(NC)CCOC(C(C)C)C1. The van der Waals surface area contributed by atoms with E-state index in [0.29, 0.717) is 32.0 Å². The molecule has 1 aliphatic heterocycles. The second-order valence-corrected chi connectivity index (χ2v) is 4.66. The maximum Gasteiger partial charge on any atom is 0.326 e. The highest BCUT2D eigenvalue weighted by atomic mass is 16.5. The predicted octanol–water partition coefficient (Wildman–Crippen LogP) is 1.34. The minimum atomic E-state index is -0.552. The van der Waals surface area contributed by atoms with Crippen LogP contribution < -0.4 is 5.32 Å². The summed E-state index contributed by atoms with van der Waals surface area (Å²) in [5, 5.41) is 3.13. The van der Waals surface area contributed by atoms with Gasteiger partial charge in [0.1, 0.15) is 5.54 Å². The Labute approximate surface area is 97.7 Å². The molecular formula is C12H23NO3. The average Bonchev–Trinajstić information content (AvgIpc) is 2.29. The molecule has 2 atom stereocenters. The number of hydrogen-bond acceptors (Lipinski definition) is 4. The third-order valence-corrected chi connectivity index (χ3v) is 3.30. The summed E-state index contributed by atoms with van der Waals surface area (Å²) >= 11 is 0. The van der Waals surface area contributed by atoms with E-state index in [2.05, 4.69) is 19.2 Å². The molecule has 0 saturated carbocycles. The summed E-state index contributed by atoms with van der Waals surface area (Å²) in [6.07, 6.45) is 1.51. The summed E-state index contributed by atoms with van der Waals surface area (Å²) < 4.78 is 10.8. The Kier molecular flexibility index (Phi) is 4.74. The Morgan fingerprint density at radius 3 is 2.81 bits per heavy atom. The van der Waals surface area contributed by atoms with E-state index in [4.69, 9.17) is 9.47 Å². The number of nitrogens with one attached hydrogen (secondary N) is 1. The monoisotopic (exact) mass is 229 g/mol. The number of ether oxygens (including phenoxy) is 2. The van der Waals surface area contributed by atoms with Crippen LogP contribution in [-0.2, 0) is 14.3 Å². The van der Waals surface area contributed by atoms with Crippen molar-refractivity contribution in [2.45, 2.75) is 45.3 Å². The molecule has 4 nitrogen and oxygen atoms in total. The van der Waals surface area contributed by atoms with Gasteiger partial charge in [0.05, 0.1) is 12.7 Å². The molecule has 1 N–H and O–H groups in total. The molecule has 0 aliphatic carbocycles. The molecule has 0 aromatic carbocycles. The van der Waals surface area contributed by atoms with Crippen LogP contribution in [0.4, 0.5) is 0 Å². The van der Waals surface area contributed by atoms with Crippen LogP contribution in [0.15, 0.2) is 0 Å². The normalized spacial score (nSPS) is 30.4. The molecule has 0 aromatic rings. The first-order valence-corrected chi connectivity index (χ1v) is 6.03. The van der Waals surface area contributed by atoms with E-state index in [1.54, 1.807) is 0 Å². The van der Waals surface area contributed by atoms with Crippen molar-refractivity contribution in [1.29, 1.82) is 0 Å². The van der Waals surface area contributed by atoms with Crippen LogP contribution in [0.1, 0.15) is 33.6 Å². The lowest BCUT2D eigenvalue weighted by molar-refractivity contribution is -0.159. The summed E-state index contributed by atoms with van der Waals surface area (Å²) in [6.45, 7) is 7.10. The van der Waals surface area contributed by atoms with Crippen molar-refractivity contribution in [3.63, 3.8) is 0 Å². The Hall–Kier alpha value is -0.610. The van der Waals surface area contributed by atoms with Crippen molar-refractivity contribution >= 4 is 5.97 Å². The van der Waals surface area contributed by atoms with Gasteiger partial charge in [0.25, 0.3) is 0 Å². The first-order valence-electron chi connectivity index (χ1n) is 6.03. The van der Waals surface area contributed by atoms with Crippen molar-refractivity contribution in [2.75, 3.05) is 20.3 Å². The molecule has 16 heavy (non-hydrogen) atoms. The van der Waals surface area contributed by atoms with Crippen molar-refractivity contribution < 1.29 is 14.3 Å². The Morgan fingerprint density at radius 2 is 2.31 bits per heavy atom. The van der Waals surface area contributed by atoms with Crippen LogP contribution in [0, 0.1) is 5.92 Å². The lowest BCUT2D eigenvalue weighted by atomic mass is 9.83. The molecule has 1 fully saturated rings. The molecule has 1 aliphatic rings. The van der Waals surface area contributed by atoms with Crippen molar-refractivity contribution in [3.8, 4) is 0 Å². The molecule has 1 rings (SSSR count). The summed E-state index contributed by atoms with van der Waals surface area (Å²) in [5.41, 5.74) is -0.552. The third kappa shape index (κ3) is 2.74. The standard InChI is InChI=1S/C12H23NO3/c1-5-15-11(14)12(13-4)6-7-16-10(8-12)9(2)3/h9-10,13H,5-8H2,1-4H3. The maximum absolute atomic E-state index is 12.0. The largest absolute Gasteiger partial charge is 0.465 e. The van der Waals surface area contributed by atoms with Crippen LogP contribution >= 0.6 is 0 Å². The molecule has 4 heteroatoms. The van der Waals surface area contributed by atoms with Gasteiger partial charge in [-0.1, -0.05) is 13.8 Å². The lowest BCUT2D eigenvalue weighted by Crippen LogP contribution is -2.57. The van der Waals surface area contributed by atoms with Crippen LogP contribution in [0.25, 0.3) is 0 Å². The molecule has 0 aromatic heterocycles. The van der Waals surface area contributed by atoms with Gasteiger partial charge in [-0.05, 0) is 26.3 Å². The van der Waals surface area contributed by atoms with Crippen LogP contribution in [0.3, 0.4) is 0 Å². The lowest BCUT2D eigenvalue weighted by Gasteiger charge is -2.40. The minimum Gasteiger partial charge on any atom is -0.465 e. The van der Waals surface area contributed by atoms with Crippen LogP contribution in [-0.4, -0.2) is 37.9 Å². The zero-order valence-corrected chi connectivity index (χ0v) is 10.7. The van der Waals surface area contributed by atoms with Gasteiger partial charge >= 0.3 is 5.97 Å². The molecular weight excluding hydrogens is 206 g/mol. The first kappa shape index (κ1) is 13.5. The van der Waals surface area contributed by atoms with Gasteiger partial charge in [0.15, 0.2) is 0 Å². The minimum absolute atomic E-state index is 0.130. The van der Waals surface area contributed by atoms with Gasteiger partial charge in [-0.25, -0.2) is 0 Å². The highest BCUT2D eigenvalue weighted by Crippen LogP contribution is 2.29. The van der Waals surface area contributed by atoms with Crippen molar-refractivity contribution in [1.82, 2.24) is 5.32 Å². The Bertz CT molecular complexity index is 242. The van der Waals surface area contributed by atoms with E-state index in [1.807, 2.05) is 14.0 Å². The fraction of sp³-hybridized carbons (Fsp3) is 0.917. The summed E-state index contributed by atoms with van der Waals surface area (Å²) in [6, 6.07) is 0. The first-order chi connectivity index (χ1) is 7.55. The van der Waals surface area contributed by atoms with Crippen LogP contribution in [0.2, 0.25) is 0 Å². The quantitative estimate of drug-likeness (QED) is 0.739. The maximum atomic E-state index is 12.0. The average molecular weight is 229 g/mol. The summed E-state index contributed by atoms with van der Waals surface area (Å²) in [5.74, 6) is 0.272. The topological polar surface area (TPSA) is 47.6 Å². The second-order valence-electron chi connectivity index (χ2n) is 4.66. The van der Waals surface area contributed by atoms with Gasteiger partial charge < -0.3 is 14.8 Å². The zero-order valence-electron chi connectivity index (χ0n) is 10.7. The van der Waals surface area contributed by atoms with E-state index < -0.39 is 5.54 Å². The molecule has 0 spiro atoms. The Morgan fingerprint density at radius 1 is 1.62 bits per heavy atom. The van der Waals surface area contributed by atoms with Crippen LogP contribution in [0.5, 0.6) is 0 Å². The van der Waals surface area contributed by atoms with E-state index >= 15 is 0 Å². The number of rotatable bonds is 4. The predicted molar refractivity (Wildman–Crippen MR) is 62.2 cm³/mol. The second kappa shape index (κ2) is 5.64. The Balaban J connectivity index is 2.74. The third-order valence-electron chi connectivity index (χ3n) is 3.30. The molecule has 2 unspecified atom stereocenters. The number of carbonyl (C=O) groups is 1. The molecule has 0 amide bonds. The fourth-order valence-electron chi connectivity index (χ4n) is 2.10. The highest BCUT2D eigenvalue weighted by molar-refractivity contribution is 5.81. The van der Waals surface area contributed by atoms with E-state index in [0.717, 1.165) is 0 Å². The van der Waals surface area contributed by atoms with Crippen molar-refractivity contribution in [2.24, 2.45) is 5.92 Å². The van der Waals surface area contributed by atoms with Gasteiger partial charge in [-0.3, -0.25) is 4.79 Å². The summed E-state index contributed by atoms with van der Waals surface area (Å²) in [7, 11) is 1.82. The summed E-state index contributed by atoms with van der Waals surface area (Å²) in [4.78, 5) is 12.0. The number of hydrogen-bond donors (Lipinski definition) is 1. The fourth-order valence-corrected chi connectivity index (χ4v) is 2.10. The van der Waals surface area contributed by atoms with E-state index in [-0.39, 0.29) is 12.1 Å². The van der Waals surface area contributed by atoms with E-state index in [1.165, 1.54) is 0 Å². The van der Waals surface area contributed by atoms with Gasteiger partial charge in [-0.15, -0.1) is 0 Å². The van der Waals surface area contributed by atoms with Gasteiger partial charge in [-0.2, -0.15) is 0 Å². The number of esters is 1. The molecule has 0 bridgehead atoms. The van der Waals surface area contributed by atoms with Crippen molar-refractivity contribution in [3.05, 3.63) is 0 Å². The number of carbonyl (C=O) groups excluding carboxylic acids is 1. The van der Waals surface area contributed by atoms with E-state index in [9.17, 15) is 4.79 Å². The molecule has 94 valence electrons. The highest BCUT2D eigenvalue weighted by Gasteiger charge is 2.44. The molecule has 1 saturated heterocycles. The molecule has 1 heterocycles. The zero-order chi connectivity index (χ0) is 12.2. The molecule has 0 radical (unpaired) electrons. The smallest absolute Gasteiger partial charge is 0.326 e. The van der Waals surface area contributed by atoms with Gasteiger partial charge in [0.2, 0.25) is 0 Å². The number of likely N-dealkylation sites (N-methyl/N-ethyl adjacent to an activating group) is 1.